The normalized spacial score (nSPS) is 14.9. The molecule has 0 aliphatic heterocycles. The van der Waals surface area contributed by atoms with Gasteiger partial charge < -0.3 is 15.3 Å². The Morgan fingerprint density at radius 3 is 3.06 bits per heavy atom. The van der Waals surface area contributed by atoms with E-state index in [4.69, 9.17) is 10.2 Å². The lowest BCUT2D eigenvalue weighted by molar-refractivity contribution is 0.114. The smallest absolute Gasteiger partial charge is 0.225 e. The zero-order valence-electron chi connectivity index (χ0n) is 8.96. The first-order valence-electron chi connectivity index (χ1n) is 5.15. The molecule has 0 amide bonds. The average molecular weight is 238 g/mol. The van der Waals surface area contributed by atoms with Crippen LogP contribution in [0.5, 0.6) is 0 Å². The van der Waals surface area contributed by atoms with Gasteiger partial charge in [-0.2, -0.15) is 0 Å². The van der Waals surface area contributed by atoms with E-state index in [0.717, 1.165) is 4.88 Å². The van der Waals surface area contributed by atoms with Crippen LogP contribution in [0.2, 0.25) is 0 Å². The quantitative estimate of drug-likeness (QED) is 0.856. The van der Waals surface area contributed by atoms with Crippen LogP contribution in [-0.4, -0.2) is 16.1 Å². The lowest BCUT2D eigenvalue weighted by Crippen LogP contribution is -2.27. The van der Waals surface area contributed by atoms with Gasteiger partial charge in [0.2, 0.25) is 5.89 Å². The van der Waals surface area contributed by atoms with Crippen LogP contribution in [0.25, 0.3) is 10.6 Å². The van der Waals surface area contributed by atoms with Crippen LogP contribution in [0.4, 0.5) is 0 Å². The van der Waals surface area contributed by atoms with E-state index in [1.165, 1.54) is 0 Å². The second-order valence-electron chi connectivity index (χ2n) is 3.56. The van der Waals surface area contributed by atoms with Crippen molar-refractivity contribution in [3.05, 3.63) is 29.6 Å². The van der Waals surface area contributed by atoms with Crippen molar-refractivity contribution in [3.8, 4) is 10.6 Å². The van der Waals surface area contributed by atoms with E-state index in [-0.39, 0.29) is 11.9 Å². The number of aromatic nitrogens is 1. The summed E-state index contributed by atoms with van der Waals surface area (Å²) in [5, 5.41) is 11.8. The number of nitrogens with zero attached hydrogens (tertiary/aromatic N) is 1. The van der Waals surface area contributed by atoms with Gasteiger partial charge in [0.05, 0.1) is 11.1 Å². The summed E-state index contributed by atoms with van der Waals surface area (Å²) in [6.45, 7) is 1.91. The van der Waals surface area contributed by atoms with Crippen LogP contribution in [0.3, 0.4) is 0 Å². The maximum atomic E-state index is 9.82. The van der Waals surface area contributed by atoms with Crippen LogP contribution in [0.1, 0.15) is 25.3 Å². The van der Waals surface area contributed by atoms with Gasteiger partial charge in [-0.05, 0) is 17.9 Å². The summed E-state index contributed by atoms with van der Waals surface area (Å²) < 4.78 is 5.48. The minimum Gasteiger partial charge on any atom is -0.437 e. The van der Waals surface area contributed by atoms with Crippen molar-refractivity contribution in [1.82, 2.24) is 4.98 Å². The molecule has 2 aromatic heterocycles. The van der Waals surface area contributed by atoms with E-state index in [1.54, 1.807) is 17.5 Å². The molecule has 0 fully saturated rings. The minimum atomic E-state index is -0.835. The molecule has 0 radical (unpaired) electrons. The van der Waals surface area contributed by atoms with E-state index in [1.807, 2.05) is 24.4 Å². The van der Waals surface area contributed by atoms with Gasteiger partial charge in [-0.1, -0.05) is 13.0 Å². The van der Waals surface area contributed by atoms with Crippen LogP contribution in [-0.2, 0) is 0 Å². The fourth-order valence-corrected chi connectivity index (χ4v) is 2.03. The number of aliphatic hydroxyl groups excluding tert-OH is 1. The van der Waals surface area contributed by atoms with Crippen molar-refractivity contribution >= 4 is 11.3 Å². The van der Waals surface area contributed by atoms with Gasteiger partial charge in [-0.25, -0.2) is 4.98 Å². The Hall–Kier alpha value is -1.17. The lowest BCUT2D eigenvalue weighted by atomic mass is 10.1. The Kier molecular flexibility index (Phi) is 3.38. The molecule has 2 heterocycles. The fraction of sp³-hybridized carbons (Fsp3) is 0.364. The first-order valence-corrected chi connectivity index (χ1v) is 6.03. The Labute approximate surface area is 97.7 Å². The number of rotatable bonds is 4. The molecule has 86 valence electrons. The monoisotopic (exact) mass is 238 g/mol. The van der Waals surface area contributed by atoms with Gasteiger partial charge in [-0.15, -0.1) is 11.3 Å². The van der Waals surface area contributed by atoms with Gasteiger partial charge in [0, 0.05) is 6.04 Å². The van der Waals surface area contributed by atoms with Crippen molar-refractivity contribution in [2.45, 2.75) is 25.5 Å². The molecular weight excluding hydrogens is 224 g/mol. The zero-order valence-corrected chi connectivity index (χ0v) is 9.78. The van der Waals surface area contributed by atoms with Crippen molar-refractivity contribution in [1.29, 1.82) is 0 Å². The van der Waals surface area contributed by atoms with Gasteiger partial charge in [0.25, 0.3) is 0 Å². The Morgan fingerprint density at radius 1 is 1.62 bits per heavy atom. The first-order chi connectivity index (χ1) is 7.72. The molecule has 5 heteroatoms. The molecule has 4 nitrogen and oxygen atoms in total. The van der Waals surface area contributed by atoms with Crippen LogP contribution in [0, 0.1) is 0 Å². The Balaban J connectivity index is 2.20. The highest BCUT2D eigenvalue weighted by molar-refractivity contribution is 7.13. The van der Waals surface area contributed by atoms with Gasteiger partial charge in [0.15, 0.2) is 5.76 Å². The van der Waals surface area contributed by atoms with Crippen LogP contribution < -0.4 is 5.73 Å². The molecule has 2 aromatic rings. The standard InChI is InChI=1S/C11H14N2O2S/c1-2-7(12)10(14)11-13-6-8(15-11)9-4-3-5-16-9/h3-7,10,14H,2,12H2,1H3. The summed E-state index contributed by atoms with van der Waals surface area (Å²) in [6, 6.07) is 3.55. The molecule has 0 saturated carbocycles. The maximum absolute atomic E-state index is 9.82. The summed E-state index contributed by atoms with van der Waals surface area (Å²) in [5.41, 5.74) is 5.73. The minimum absolute atomic E-state index is 0.290. The summed E-state index contributed by atoms with van der Waals surface area (Å²) in [7, 11) is 0. The maximum Gasteiger partial charge on any atom is 0.225 e. The van der Waals surface area contributed by atoms with E-state index >= 15 is 0 Å². The molecular formula is C11H14N2O2S. The van der Waals surface area contributed by atoms with E-state index in [2.05, 4.69) is 4.98 Å². The molecule has 0 spiro atoms. The van der Waals surface area contributed by atoms with Crippen molar-refractivity contribution < 1.29 is 9.52 Å². The lowest BCUT2D eigenvalue weighted by Gasteiger charge is -2.12. The third-order valence-corrected chi connectivity index (χ3v) is 3.30. The topological polar surface area (TPSA) is 72.3 Å². The largest absolute Gasteiger partial charge is 0.437 e. The molecule has 0 aromatic carbocycles. The van der Waals surface area contributed by atoms with Crippen molar-refractivity contribution in [2.75, 3.05) is 0 Å². The average Bonchev–Trinajstić information content (AvgIpc) is 2.96. The molecule has 0 aliphatic rings. The molecule has 2 atom stereocenters. The fourth-order valence-electron chi connectivity index (χ4n) is 1.36. The van der Waals surface area contributed by atoms with E-state index in [0.29, 0.717) is 12.2 Å². The molecule has 0 bridgehead atoms. The molecule has 16 heavy (non-hydrogen) atoms. The van der Waals surface area contributed by atoms with Gasteiger partial charge in [0.1, 0.15) is 6.10 Å². The number of hydrogen-bond acceptors (Lipinski definition) is 5. The van der Waals surface area contributed by atoms with Crippen molar-refractivity contribution in [2.24, 2.45) is 5.73 Å². The number of aliphatic hydroxyl groups is 1. The van der Waals surface area contributed by atoms with E-state index in [9.17, 15) is 5.11 Å². The highest BCUT2D eigenvalue weighted by Crippen LogP contribution is 2.27. The highest BCUT2D eigenvalue weighted by atomic mass is 32.1. The second-order valence-corrected chi connectivity index (χ2v) is 4.50. The Morgan fingerprint density at radius 2 is 2.44 bits per heavy atom. The predicted molar refractivity (Wildman–Crippen MR) is 63.0 cm³/mol. The van der Waals surface area contributed by atoms with Crippen LogP contribution >= 0.6 is 11.3 Å². The summed E-state index contributed by atoms with van der Waals surface area (Å²) >= 11 is 1.57. The van der Waals surface area contributed by atoms with Gasteiger partial charge in [-0.3, -0.25) is 0 Å². The molecule has 2 unspecified atom stereocenters. The van der Waals surface area contributed by atoms with E-state index < -0.39 is 6.10 Å². The number of nitrogens with two attached hydrogens (primary N) is 1. The zero-order chi connectivity index (χ0) is 11.5. The number of hydrogen-bond donors (Lipinski definition) is 2. The molecule has 2 rings (SSSR count). The highest BCUT2D eigenvalue weighted by Gasteiger charge is 2.20. The Bertz CT molecular complexity index is 439. The SMILES string of the molecule is CCC(N)C(O)c1ncc(-c2cccs2)o1. The third-order valence-electron chi connectivity index (χ3n) is 2.42. The second kappa shape index (κ2) is 4.78. The number of oxazole rings is 1. The van der Waals surface area contributed by atoms with Gasteiger partial charge >= 0.3 is 0 Å². The third kappa shape index (κ3) is 2.16. The molecule has 0 saturated heterocycles. The summed E-state index contributed by atoms with van der Waals surface area (Å²) in [6.07, 6.45) is 1.46. The van der Waals surface area contributed by atoms with Crippen molar-refractivity contribution in [3.63, 3.8) is 0 Å². The summed E-state index contributed by atoms with van der Waals surface area (Å²) in [4.78, 5) is 5.05. The molecule has 3 N–H and O–H groups in total. The number of thiophene rings is 1. The van der Waals surface area contributed by atoms with Crippen LogP contribution in [0.15, 0.2) is 28.1 Å². The first kappa shape index (κ1) is 11.3. The predicted octanol–water partition coefficient (Wildman–Crippen LogP) is 2.17. The molecule has 0 aliphatic carbocycles. The summed E-state index contributed by atoms with van der Waals surface area (Å²) in [5.74, 6) is 0.963.